The summed E-state index contributed by atoms with van der Waals surface area (Å²) in [5, 5.41) is 10.00. The second-order valence-electron chi connectivity index (χ2n) is 1.53. The standard InChI is InChI=1S/C7H4O2S/c8-7(9)4-3-6-2-1-5-10-6/h1-2,5H,(H,8,9). The van der Waals surface area contributed by atoms with Gasteiger partial charge in [-0.2, -0.15) is 0 Å². The lowest BCUT2D eigenvalue weighted by Crippen LogP contribution is -1.85. The third-order valence-corrected chi connectivity index (χ3v) is 1.60. The monoisotopic (exact) mass is 152 g/mol. The third kappa shape index (κ3) is 1.92. The Morgan fingerprint density at radius 3 is 3.00 bits per heavy atom. The fourth-order valence-electron chi connectivity index (χ4n) is 0.465. The number of thiophene rings is 1. The topological polar surface area (TPSA) is 37.3 Å². The van der Waals surface area contributed by atoms with Crippen molar-refractivity contribution in [2.75, 3.05) is 0 Å². The van der Waals surface area contributed by atoms with Crippen LogP contribution < -0.4 is 0 Å². The first-order valence-electron chi connectivity index (χ1n) is 2.57. The molecule has 0 fully saturated rings. The van der Waals surface area contributed by atoms with Gasteiger partial charge in [-0.25, -0.2) is 4.79 Å². The zero-order chi connectivity index (χ0) is 7.40. The van der Waals surface area contributed by atoms with Crippen LogP contribution >= 0.6 is 11.3 Å². The van der Waals surface area contributed by atoms with Crippen molar-refractivity contribution in [3.05, 3.63) is 22.4 Å². The second kappa shape index (κ2) is 3.04. The zero-order valence-corrected chi connectivity index (χ0v) is 5.81. The summed E-state index contributed by atoms with van der Waals surface area (Å²) in [7, 11) is 0. The predicted octanol–water partition coefficient (Wildman–Crippen LogP) is 1.18. The molecule has 0 spiro atoms. The van der Waals surface area contributed by atoms with E-state index in [1.54, 1.807) is 6.07 Å². The van der Waals surface area contributed by atoms with Gasteiger partial charge in [-0.1, -0.05) is 6.07 Å². The van der Waals surface area contributed by atoms with Crippen molar-refractivity contribution < 1.29 is 9.90 Å². The van der Waals surface area contributed by atoms with Gasteiger partial charge >= 0.3 is 5.97 Å². The van der Waals surface area contributed by atoms with E-state index in [9.17, 15) is 4.79 Å². The molecule has 3 heteroatoms. The predicted molar refractivity (Wildman–Crippen MR) is 38.8 cm³/mol. The number of carboxylic acid groups (broad SMARTS) is 1. The lowest BCUT2D eigenvalue weighted by atomic mass is 10.4. The van der Waals surface area contributed by atoms with Gasteiger partial charge in [0.15, 0.2) is 0 Å². The number of rotatable bonds is 0. The molecule has 0 aromatic carbocycles. The fraction of sp³-hybridized carbons (Fsp3) is 0. The maximum Gasteiger partial charge on any atom is 0.382 e. The number of carboxylic acids is 1. The van der Waals surface area contributed by atoms with Crippen molar-refractivity contribution in [1.29, 1.82) is 0 Å². The Morgan fingerprint density at radius 1 is 1.70 bits per heavy atom. The Bertz CT molecular complexity index is 276. The smallest absolute Gasteiger partial charge is 0.382 e. The molecule has 1 rings (SSSR count). The summed E-state index contributed by atoms with van der Waals surface area (Å²) in [5.74, 6) is 3.43. The number of carbonyl (C=O) groups is 1. The average molecular weight is 152 g/mol. The molecular formula is C7H4O2S. The third-order valence-electron chi connectivity index (χ3n) is 0.814. The van der Waals surface area contributed by atoms with Gasteiger partial charge in [0, 0.05) is 5.92 Å². The SMILES string of the molecule is O=C(O)C#Cc1cccs1. The first-order valence-corrected chi connectivity index (χ1v) is 3.45. The van der Waals surface area contributed by atoms with Crippen LogP contribution in [-0.2, 0) is 4.79 Å². The molecule has 0 amide bonds. The van der Waals surface area contributed by atoms with E-state index in [1.807, 2.05) is 17.4 Å². The summed E-state index contributed by atoms with van der Waals surface area (Å²) >= 11 is 1.43. The van der Waals surface area contributed by atoms with Crippen molar-refractivity contribution in [1.82, 2.24) is 0 Å². The van der Waals surface area contributed by atoms with Crippen LogP contribution in [0.2, 0.25) is 0 Å². The Morgan fingerprint density at radius 2 is 2.50 bits per heavy atom. The quantitative estimate of drug-likeness (QED) is 0.567. The highest BCUT2D eigenvalue weighted by Crippen LogP contribution is 2.04. The van der Waals surface area contributed by atoms with Crippen LogP contribution in [-0.4, -0.2) is 11.1 Å². The second-order valence-corrected chi connectivity index (χ2v) is 2.48. The first kappa shape index (κ1) is 6.84. The van der Waals surface area contributed by atoms with E-state index in [0.29, 0.717) is 0 Å². The van der Waals surface area contributed by atoms with Crippen LogP contribution in [0.3, 0.4) is 0 Å². The van der Waals surface area contributed by atoms with Crippen molar-refractivity contribution >= 4 is 17.3 Å². The molecule has 0 aliphatic heterocycles. The molecule has 0 unspecified atom stereocenters. The van der Waals surface area contributed by atoms with Crippen LogP contribution in [0.5, 0.6) is 0 Å². The van der Waals surface area contributed by atoms with Gasteiger partial charge in [0.1, 0.15) is 0 Å². The summed E-state index contributed by atoms with van der Waals surface area (Å²) in [4.78, 5) is 10.7. The molecule has 1 N–H and O–H groups in total. The summed E-state index contributed by atoms with van der Waals surface area (Å²) < 4.78 is 0. The number of aliphatic carboxylic acids is 1. The molecule has 10 heavy (non-hydrogen) atoms. The Kier molecular flexibility index (Phi) is 2.08. The summed E-state index contributed by atoms with van der Waals surface area (Å²) in [6.07, 6.45) is 0. The van der Waals surface area contributed by atoms with Gasteiger partial charge in [0.25, 0.3) is 0 Å². The lowest BCUT2D eigenvalue weighted by molar-refractivity contribution is -0.130. The molecule has 0 radical (unpaired) electrons. The maximum atomic E-state index is 9.93. The number of hydrogen-bond acceptors (Lipinski definition) is 2. The van der Waals surface area contributed by atoms with Gasteiger partial charge < -0.3 is 5.11 Å². The van der Waals surface area contributed by atoms with Gasteiger partial charge in [0.05, 0.1) is 4.88 Å². The van der Waals surface area contributed by atoms with Crippen molar-refractivity contribution in [2.24, 2.45) is 0 Å². The Labute approximate surface area is 62.1 Å². The minimum atomic E-state index is -1.09. The Hall–Kier alpha value is -1.27. The molecule has 0 bridgehead atoms. The van der Waals surface area contributed by atoms with E-state index in [2.05, 4.69) is 5.92 Å². The van der Waals surface area contributed by atoms with E-state index >= 15 is 0 Å². The molecule has 1 aromatic heterocycles. The maximum absolute atomic E-state index is 9.93. The molecule has 0 aliphatic carbocycles. The van der Waals surface area contributed by atoms with Gasteiger partial charge in [0.2, 0.25) is 0 Å². The van der Waals surface area contributed by atoms with Gasteiger partial charge in [-0.05, 0) is 17.4 Å². The summed E-state index contributed by atoms with van der Waals surface area (Å²) in [5.41, 5.74) is 0. The molecule has 0 saturated heterocycles. The van der Waals surface area contributed by atoms with Gasteiger partial charge in [-0.15, -0.1) is 11.3 Å². The zero-order valence-electron chi connectivity index (χ0n) is 5.00. The highest BCUT2D eigenvalue weighted by atomic mass is 32.1. The summed E-state index contributed by atoms with van der Waals surface area (Å²) in [6, 6.07) is 3.61. The average Bonchev–Trinajstić information content (AvgIpc) is 2.34. The van der Waals surface area contributed by atoms with E-state index in [1.165, 1.54) is 11.3 Å². The highest BCUT2D eigenvalue weighted by Gasteiger charge is 1.86. The van der Waals surface area contributed by atoms with Gasteiger partial charge in [-0.3, -0.25) is 0 Å². The summed E-state index contributed by atoms with van der Waals surface area (Å²) in [6.45, 7) is 0. The molecule has 2 nitrogen and oxygen atoms in total. The lowest BCUT2D eigenvalue weighted by Gasteiger charge is -1.72. The number of hydrogen-bond donors (Lipinski definition) is 1. The van der Waals surface area contributed by atoms with Crippen molar-refractivity contribution in [2.45, 2.75) is 0 Å². The van der Waals surface area contributed by atoms with Crippen LogP contribution in [0, 0.1) is 11.8 Å². The molecule has 0 atom stereocenters. The molecule has 1 aromatic rings. The minimum Gasteiger partial charge on any atom is -0.472 e. The minimum absolute atomic E-state index is 0.780. The van der Waals surface area contributed by atoms with Crippen LogP contribution in [0.15, 0.2) is 17.5 Å². The first-order chi connectivity index (χ1) is 4.79. The molecule has 50 valence electrons. The largest absolute Gasteiger partial charge is 0.472 e. The Balaban J connectivity index is 2.75. The van der Waals surface area contributed by atoms with E-state index in [4.69, 9.17) is 5.11 Å². The van der Waals surface area contributed by atoms with E-state index < -0.39 is 5.97 Å². The fourth-order valence-corrected chi connectivity index (χ4v) is 1.04. The molecule has 0 saturated carbocycles. The van der Waals surface area contributed by atoms with Crippen LogP contribution in [0.4, 0.5) is 0 Å². The van der Waals surface area contributed by atoms with E-state index in [-0.39, 0.29) is 0 Å². The van der Waals surface area contributed by atoms with E-state index in [0.717, 1.165) is 4.88 Å². The van der Waals surface area contributed by atoms with Crippen LogP contribution in [0.25, 0.3) is 0 Å². The molecule has 0 aliphatic rings. The van der Waals surface area contributed by atoms with Crippen LogP contribution in [0.1, 0.15) is 4.88 Å². The van der Waals surface area contributed by atoms with Crippen molar-refractivity contribution in [3.63, 3.8) is 0 Å². The highest BCUT2D eigenvalue weighted by molar-refractivity contribution is 7.10. The van der Waals surface area contributed by atoms with Crippen molar-refractivity contribution in [3.8, 4) is 11.8 Å². The molecule has 1 heterocycles. The molecular weight excluding hydrogens is 148 g/mol. The normalized spacial score (nSPS) is 8.00.